The van der Waals surface area contributed by atoms with Gasteiger partial charge in [-0.15, -0.1) is 0 Å². The van der Waals surface area contributed by atoms with Gasteiger partial charge in [-0.3, -0.25) is 9.59 Å². The molecule has 8 nitrogen and oxygen atoms in total. The zero-order chi connectivity index (χ0) is 18.2. The van der Waals surface area contributed by atoms with Crippen LogP contribution in [-0.4, -0.2) is 58.7 Å². The van der Waals surface area contributed by atoms with Gasteiger partial charge in [-0.2, -0.15) is 11.8 Å². The fraction of sp³-hybridized carbons (Fsp3) is 0.812. The third-order valence-corrected chi connectivity index (χ3v) is 6.17. The van der Waals surface area contributed by atoms with E-state index in [4.69, 9.17) is 10.8 Å². The number of aliphatic carboxylic acids is 1. The van der Waals surface area contributed by atoms with Crippen LogP contribution < -0.4 is 21.7 Å². The van der Waals surface area contributed by atoms with Gasteiger partial charge < -0.3 is 26.8 Å². The molecule has 0 radical (unpaired) electrons. The number of hydrogen-bond acceptors (Lipinski definition) is 5. The quantitative estimate of drug-likeness (QED) is 0.263. The van der Waals surface area contributed by atoms with Crippen molar-refractivity contribution in [3.8, 4) is 0 Å². The van der Waals surface area contributed by atoms with Crippen molar-refractivity contribution >= 4 is 29.7 Å². The molecule has 4 atom stereocenters. The number of rotatable bonds is 11. The predicted molar refractivity (Wildman–Crippen MR) is 96.4 cm³/mol. The van der Waals surface area contributed by atoms with Gasteiger partial charge in [0.2, 0.25) is 5.91 Å². The summed E-state index contributed by atoms with van der Waals surface area (Å²) in [5.74, 6) is 0.0131. The maximum Gasteiger partial charge on any atom is 0.320 e. The number of carbonyl (C=O) groups excluding carboxylic acids is 2. The molecular formula is C16H28N4O4S. The van der Waals surface area contributed by atoms with E-state index in [-0.39, 0.29) is 24.0 Å². The van der Waals surface area contributed by atoms with Crippen LogP contribution in [0.1, 0.15) is 44.9 Å². The minimum absolute atomic E-state index is 0.0373. The smallest absolute Gasteiger partial charge is 0.320 e. The second-order valence-corrected chi connectivity index (χ2v) is 7.93. The van der Waals surface area contributed by atoms with Gasteiger partial charge in [-0.05, 0) is 32.1 Å². The number of amides is 3. The minimum Gasteiger partial charge on any atom is -0.480 e. The Hall–Kier alpha value is -1.48. The fourth-order valence-corrected chi connectivity index (χ4v) is 4.75. The number of carboxylic acid groups (broad SMARTS) is 1. The first-order chi connectivity index (χ1) is 12.0. The molecule has 0 bridgehead atoms. The Kier molecular flexibility index (Phi) is 7.83. The molecule has 9 heteroatoms. The van der Waals surface area contributed by atoms with E-state index in [1.54, 1.807) is 0 Å². The van der Waals surface area contributed by atoms with Crippen molar-refractivity contribution in [2.24, 2.45) is 5.73 Å². The van der Waals surface area contributed by atoms with Crippen molar-refractivity contribution in [3.63, 3.8) is 0 Å². The highest BCUT2D eigenvalue weighted by Crippen LogP contribution is 2.33. The van der Waals surface area contributed by atoms with Crippen LogP contribution in [0.4, 0.5) is 4.79 Å². The van der Waals surface area contributed by atoms with Crippen LogP contribution in [0.5, 0.6) is 0 Å². The Morgan fingerprint density at radius 1 is 1.28 bits per heavy atom. The number of nitrogens with two attached hydrogens (primary N) is 1. The second kappa shape index (κ2) is 9.86. The van der Waals surface area contributed by atoms with Crippen molar-refractivity contribution in [2.75, 3.05) is 12.3 Å². The van der Waals surface area contributed by atoms with Gasteiger partial charge in [0.15, 0.2) is 0 Å². The topological polar surface area (TPSA) is 134 Å². The zero-order valence-corrected chi connectivity index (χ0v) is 15.1. The number of carbonyl (C=O) groups is 3. The SMILES string of the molecule is N[C@@H](CCCCNC(=O)CCCC[C@@H]1SC[C@H]2NC(=O)N[C@@H]12)C(=O)O. The Labute approximate surface area is 152 Å². The summed E-state index contributed by atoms with van der Waals surface area (Å²) in [7, 11) is 0. The van der Waals surface area contributed by atoms with E-state index < -0.39 is 12.0 Å². The molecule has 2 rings (SSSR count). The summed E-state index contributed by atoms with van der Waals surface area (Å²) in [5, 5.41) is 17.9. The Morgan fingerprint density at radius 3 is 2.84 bits per heavy atom. The monoisotopic (exact) mass is 372 g/mol. The molecule has 0 spiro atoms. The van der Waals surface area contributed by atoms with E-state index in [0.29, 0.717) is 31.1 Å². The molecule has 25 heavy (non-hydrogen) atoms. The fourth-order valence-electron chi connectivity index (χ4n) is 3.20. The summed E-state index contributed by atoms with van der Waals surface area (Å²) in [5.41, 5.74) is 5.42. The number of urea groups is 1. The molecule has 3 amide bonds. The largest absolute Gasteiger partial charge is 0.480 e. The summed E-state index contributed by atoms with van der Waals surface area (Å²) in [4.78, 5) is 33.7. The first-order valence-electron chi connectivity index (χ1n) is 8.91. The van der Waals surface area contributed by atoms with Crippen LogP contribution in [0.3, 0.4) is 0 Å². The summed E-state index contributed by atoms with van der Waals surface area (Å²) in [6.45, 7) is 0.561. The molecule has 0 saturated carbocycles. The average Bonchev–Trinajstić information content (AvgIpc) is 3.10. The standard InChI is InChI=1S/C16H28N4O4S/c17-10(15(22)23)5-3-4-8-18-13(21)7-2-1-6-12-14-11(9-25-12)19-16(24)20-14/h10-12,14H,1-9,17H2,(H,18,21)(H,22,23)(H2,19,20,24)/t10-,11+,12-,14+/m0/s1. The lowest BCUT2D eigenvalue weighted by molar-refractivity contribution is -0.138. The number of fused-ring (bicyclic) bond motifs is 1. The molecule has 2 aliphatic heterocycles. The van der Waals surface area contributed by atoms with Crippen LogP contribution in [0.2, 0.25) is 0 Å². The Bertz CT molecular complexity index is 491. The maximum atomic E-state index is 11.8. The molecule has 0 aliphatic carbocycles. The van der Waals surface area contributed by atoms with Crippen molar-refractivity contribution in [3.05, 3.63) is 0 Å². The number of nitrogens with one attached hydrogen (secondary N) is 3. The second-order valence-electron chi connectivity index (χ2n) is 6.66. The van der Waals surface area contributed by atoms with E-state index in [0.717, 1.165) is 31.4 Å². The van der Waals surface area contributed by atoms with Crippen LogP contribution >= 0.6 is 11.8 Å². The Balaban J connectivity index is 1.46. The molecule has 2 fully saturated rings. The average molecular weight is 372 g/mol. The lowest BCUT2D eigenvalue weighted by atomic mass is 10.0. The Morgan fingerprint density at radius 2 is 2.08 bits per heavy atom. The van der Waals surface area contributed by atoms with E-state index >= 15 is 0 Å². The lowest BCUT2D eigenvalue weighted by Crippen LogP contribution is -2.36. The van der Waals surface area contributed by atoms with E-state index in [9.17, 15) is 14.4 Å². The maximum absolute atomic E-state index is 11.8. The first kappa shape index (κ1) is 19.8. The molecular weight excluding hydrogens is 344 g/mol. The normalized spacial score (nSPS) is 25.8. The van der Waals surface area contributed by atoms with Crippen molar-refractivity contribution in [1.82, 2.24) is 16.0 Å². The highest BCUT2D eigenvalue weighted by molar-refractivity contribution is 8.00. The van der Waals surface area contributed by atoms with Crippen LogP contribution in [0.15, 0.2) is 0 Å². The van der Waals surface area contributed by atoms with Crippen LogP contribution in [-0.2, 0) is 9.59 Å². The molecule has 2 aliphatic rings. The van der Waals surface area contributed by atoms with E-state index in [2.05, 4.69) is 16.0 Å². The number of thioether (sulfide) groups is 1. The van der Waals surface area contributed by atoms with Crippen LogP contribution in [0, 0.1) is 0 Å². The number of unbranched alkanes of at least 4 members (excludes halogenated alkanes) is 2. The number of carboxylic acids is 1. The molecule has 142 valence electrons. The van der Waals surface area contributed by atoms with Crippen molar-refractivity contribution in [1.29, 1.82) is 0 Å². The molecule has 0 aromatic carbocycles. The van der Waals surface area contributed by atoms with Gasteiger partial charge >= 0.3 is 12.0 Å². The summed E-state index contributed by atoms with van der Waals surface area (Å²) in [6, 6.07) is -0.406. The van der Waals surface area contributed by atoms with Crippen molar-refractivity contribution < 1.29 is 19.5 Å². The minimum atomic E-state index is -0.983. The molecule has 0 aromatic heterocycles. The molecule has 2 heterocycles. The highest BCUT2D eigenvalue weighted by Gasteiger charge is 2.42. The summed E-state index contributed by atoms with van der Waals surface area (Å²) in [6.07, 6.45) is 5.18. The van der Waals surface area contributed by atoms with E-state index in [1.807, 2.05) is 11.8 Å². The molecule has 6 N–H and O–H groups in total. The predicted octanol–water partition coefficient (Wildman–Crippen LogP) is 0.411. The first-order valence-corrected chi connectivity index (χ1v) is 9.96. The molecule has 0 unspecified atom stereocenters. The molecule has 0 aromatic rings. The van der Waals surface area contributed by atoms with Gasteiger partial charge in [0.1, 0.15) is 6.04 Å². The van der Waals surface area contributed by atoms with Gasteiger partial charge in [-0.25, -0.2) is 4.79 Å². The van der Waals surface area contributed by atoms with Gasteiger partial charge in [0.05, 0.1) is 12.1 Å². The van der Waals surface area contributed by atoms with Gasteiger partial charge in [0, 0.05) is 24.0 Å². The zero-order valence-electron chi connectivity index (χ0n) is 14.3. The van der Waals surface area contributed by atoms with E-state index in [1.165, 1.54) is 0 Å². The highest BCUT2D eigenvalue weighted by atomic mass is 32.2. The third kappa shape index (κ3) is 6.39. The van der Waals surface area contributed by atoms with Gasteiger partial charge in [0.25, 0.3) is 0 Å². The van der Waals surface area contributed by atoms with Gasteiger partial charge in [-0.1, -0.05) is 6.42 Å². The number of hydrogen-bond donors (Lipinski definition) is 5. The lowest BCUT2D eigenvalue weighted by Gasteiger charge is -2.16. The third-order valence-electron chi connectivity index (χ3n) is 4.66. The van der Waals surface area contributed by atoms with Crippen molar-refractivity contribution in [2.45, 2.75) is 68.3 Å². The summed E-state index contributed by atoms with van der Waals surface area (Å²) < 4.78 is 0. The summed E-state index contributed by atoms with van der Waals surface area (Å²) >= 11 is 1.89. The molecule has 2 saturated heterocycles. The van der Waals surface area contributed by atoms with Crippen LogP contribution in [0.25, 0.3) is 0 Å².